The molecule has 0 radical (unpaired) electrons. The van der Waals surface area contributed by atoms with Crippen molar-refractivity contribution in [3.8, 4) is 0 Å². The third kappa shape index (κ3) is 3.41. The molecule has 2 unspecified atom stereocenters. The molecule has 0 spiro atoms. The van der Waals surface area contributed by atoms with Crippen molar-refractivity contribution in [1.29, 1.82) is 0 Å². The summed E-state index contributed by atoms with van der Waals surface area (Å²) in [4.78, 5) is 22.6. The molecule has 1 aliphatic heterocycles. The Balaban J connectivity index is 2.45. The van der Waals surface area contributed by atoms with Gasteiger partial charge in [0.1, 0.15) is 12.0 Å². The minimum atomic E-state index is -1.06. The van der Waals surface area contributed by atoms with Gasteiger partial charge in [0.2, 0.25) is 5.91 Å². The van der Waals surface area contributed by atoms with Crippen molar-refractivity contribution in [2.75, 3.05) is 26.4 Å². The summed E-state index contributed by atoms with van der Waals surface area (Å²) in [5, 5.41) is 11.7. The normalized spacial score (nSPS) is 28.0. The van der Waals surface area contributed by atoms with Crippen LogP contribution in [0.15, 0.2) is 0 Å². The molecule has 2 N–H and O–H groups in total. The molecule has 0 aromatic rings. The molecule has 1 aliphatic rings. The number of carbonyl (C=O) groups excluding carboxylic acids is 1. The smallest absolute Gasteiger partial charge is 0.313 e. The van der Waals surface area contributed by atoms with Crippen LogP contribution in [0.25, 0.3) is 0 Å². The highest BCUT2D eigenvalue weighted by Gasteiger charge is 2.47. The van der Waals surface area contributed by atoms with Crippen LogP contribution >= 0.6 is 0 Å². The second-order valence-electron chi connectivity index (χ2n) is 4.41. The lowest BCUT2D eigenvalue weighted by Gasteiger charge is -2.25. The standard InChI is InChI=1S/C11H19NO5/c1-3-4-16-6-9(13)12-8-5-17-7-11(8,2)10(14)15/h8H,3-7H2,1-2H3,(H,12,13)(H,14,15). The lowest BCUT2D eigenvalue weighted by atomic mass is 9.85. The average molecular weight is 245 g/mol. The minimum absolute atomic E-state index is 0.0416. The number of hydrogen-bond donors (Lipinski definition) is 2. The maximum atomic E-state index is 11.5. The van der Waals surface area contributed by atoms with Gasteiger partial charge in [-0.25, -0.2) is 0 Å². The van der Waals surface area contributed by atoms with Crippen LogP contribution in [0.4, 0.5) is 0 Å². The van der Waals surface area contributed by atoms with Crippen LogP contribution in [-0.4, -0.2) is 49.5 Å². The molecule has 17 heavy (non-hydrogen) atoms. The number of carboxylic acids is 1. The van der Waals surface area contributed by atoms with E-state index in [-0.39, 0.29) is 25.7 Å². The Morgan fingerprint density at radius 3 is 2.88 bits per heavy atom. The number of carbonyl (C=O) groups is 2. The number of nitrogens with one attached hydrogen (secondary N) is 1. The Morgan fingerprint density at radius 1 is 1.59 bits per heavy atom. The molecule has 0 aromatic heterocycles. The van der Waals surface area contributed by atoms with Crippen LogP contribution in [0, 0.1) is 5.41 Å². The van der Waals surface area contributed by atoms with E-state index in [1.165, 1.54) is 0 Å². The zero-order valence-corrected chi connectivity index (χ0v) is 10.2. The predicted octanol–water partition coefficient (Wildman–Crippen LogP) is 0.0189. The molecular weight excluding hydrogens is 226 g/mol. The lowest BCUT2D eigenvalue weighted by Crippen LogP contribution is -2.50. The van der Waals surface area contributed by atoms with Crippen molar-refractivity contribution in [2.45, 2.75) is 26.3 Å². The van der Waals surface area contributed by atoms with Gasteiger partial charge < -0.3 is 19.9 Å². The Kier molecular flexibility index (Phi) is 4.89. The van der Waals surface area contributed by atoms with E-state index in [1.54, 1.807) is 6.92 Å². The van der Waals surface area contributed by atoms with Crippen molar-refractivity contribution >= 4 is 11.9 Å². The van der Waals surface area contributed by atoms with E-state index in [2.05, 4.69) is 5.32 Å². The fourth-order valence-electron chi connectivity index (χ4n) is 1.63. The number of hydrogen-bond acceptors (Lipinski definition) is 4. The average Bonchev–Trinajstić information content (AvgIpc) is 2.62. The third-order valence-electron chi connectivity index (χ3n) is 2.86. The maximum Gasteiger partial charge on any atom is 0.313 e. The molecule has 0 bridgehead atoms. The van der Waals surface area contributed by atoms with Gasteiger partial charge in [-0.15, -0.1) is 0 Å². The quantitative estimate of drug-likeness (QED) is 0.644. The van der Waals surface area contributed by atoms with Gasteiger partial charge in [-0.1, -0.05) is 6.92 Å². The second kappa shape index (κ2) is 5.97. The number of amides is 1. The second-order valence-corrected chi connectivity index (χ2v) is 4.41. The highest BCUT2D eigenvalue weighted by Crippen LogP contribution is 2.28. The first-order chi connectivity index (χ1) is 8.00. The lowest BCUT2D eigenvalue weighted by molar-refractivity contribution is -0.149. The summed E-state index contributed by atoms with van der Waals surface area (Å²) >= 11 is 0. The van der Waals surface area contributed by atoms with Crippen molar-refractivity contribution in [1.82, 2.24) is 5.32 Å². The summed E-state index contributed by atoms with van der Waals surface area (Å²) in [5.74, 6) is -1.27. The summed E-state index contributed by atoms with van der Waals surface area (Å²) in [6.45, 7) is 4.33. The first-order valence-electron chi connectivity index (χ1n) is 5.69. The van der Waals surface area contributed by atoms with Crippen molar-refractivity contribution in [2.24, 2.45) is 5.41 Å². The summed E-state index contributed by atoms with van der Waals surface area (Å²) < 4.78 is 10.2. The van der Waals surface area contributed by atoms with Crippen LogP contribution in [0.2, 0.25) is 0 Å². The number of rotatable bonds is 6. The summed E-state index contributed by atoms with van der Waals surface area (Å²) in [5.41, 5.74) is -1.06. The van der Waals surface area contributed by atoms with E-state index in [0.29, 0.717) is 6.61 Å². The highest BCUT2D eigenvalue weighted by molar-refractivity contribution is 5.81. The zero-order valence-electron chi connectivity index (χ0n) is 10.2. The predicted molar refractivity (Wildman–Crippen MR) is 59.6 cm³/mol. The van der Waals surface area contributed by atoms with Gasteiger partial charge >= 0.3 is 5.97 Å². The molecule has 0 saturated carbocycles. The maximum absolute atomic E-state index is 11.5. The molecule has 0 aliphatic carbocycles. The fourth-order valence-corrected chi connectivity index (χ4v) is 1.63. The first-order valence-corrected chi connectivity index (χ1v) is 5.69. The third-order valence-corrected chi connectivity index (χ3v) is 2.86. The molecule has 6 heteroatoms. The Hall–Kier alpha value is -1.14. The van der Waals surface area contributed by atoms with Gasteiger partial charge in [0.25, 0.3) is 0 Å². The first kappa shape index (κ1) is 13.9. The van der Waals surface area contributed by atoms with Crippen LogP contribution < -0.4 is 5.32 Å². The van der Waals surface area contributed by atoms with Crippen LogP contribution in [0.3, 0.4) is 0 Å². The van der Waals surface area contributed by atoms with Crippen LogP contribution in [0.1, 0.15) is 20.3 Å². The van der Waals surface area contributed by atoms with Gasteiger partial charge in [0, 0.05) is 6.61 Å². The number of carboxylic acid groups (broad SMARTS) is 1. The summed E-state index contributed by atoms with van der Waals surface area (Å²) in [7, 11) is 0. The Labute approximate surface area is 100 Å². The SMILES string of the molecule is CCCOCC(=O)NC1COCC1(C)C(=O)O. The molecule has 0 aromatic carbocycles. The zero-order chi connectivity index (χ0) is 12.9. The summed E-state index contributed by atoms with van der Waals surface area (Å²) in [6, 6.07) is -0.502. The van der Waals surface area contributed by atoms with Gasteiger partial charge in [0.15, 0.2) is 0 Å². The van der Waals surface area contributed by atoms with E-state index in [1.807, 2.05) is 6.92 Å². The molecule has 1 fully saturated rings. The minimum Gasteiger partial charge on any atom is -0.481 e. The van der Waals surface area contributed by atoms with E-state index in [9.17, 15) is 9.59 Å². The van der Waals surface area contributed by atoms with Crippen LogP contribution in [0.5, 0.6) is 0 Å². The van der Waals surface area contributed by atoms with E-state index in [0.717, 1.165) is 6.42 Å². The Bertz CT molecular complexity index is 294. The van der Waals surface area contributed by atoms with E-state index >= 15 is 0 Å². The number of aliphatic carboxylic acids is 1. The fraction of sp³-hybridized carbons (Fsp3) is 0.818. The highest BCUT2D eigenvalue weighted by atomic mass is 16.5. The summed E-state index contributed by atoms with van der Waals surface area (Å²) in [6.07, 6.45) is 0.840. The van der Waals surface area contributed by atoms with E-state index < -0.39 is 17.4 Å². The Morgan fingerprint density at radius 2 is 2.29 bits per heavy atom. The van der Waals surface area contributed by atoms with Crippen molar-refractivity contribution in [3.05, 3.63) is 0 Å². The molecule has 2 atom stereocenters. The molecule has 1 saturated heterocycles. The van der Waals surface area contributed by atoms with Gasteiger partial charge in [-0.05, 0) is 13.3 Å². The van der Waals surface area contributed by atoms with Gasteiger partial charge in [0.05, 0.1) is 19.3 Å². The number of ether oxygens (including phenoxy) is 2. The van der Waals surface area contributed by atoms with Gasteiger partial charge in [-0.3, -0.25) is 9.59 Å². The molecule has 1 rings (SSSR count). The van der Waals surface area contributed by atoms with Gasteiger partial charge in [-0.2, -0.15) is 0 Å². The van der Waals surface area contributed by atoms with E-state index in [4.69, 9.17) is 14.6 Å². The van der Waals surface area contributed by atoms with Crippen molar-refractivity contribution in [3.63, 3.8) is 0 Å². The molecule has 1 heterocycles. The molecular formula is C11H19NO5. The van der Waals surface area contributed by atoms with Crippen LogP contribution in [-0.2, 0) is 19.1 Å². The van der Waals surface area contributed by atoms with Crippen molar-refractivity contribution < 1.29 is 24.2 Å². The molecule has 98 valence electrons. The largest absolute Gasteiger partial charge is 0.481 e. The molecule has 6 nitrogen and oxygen atoms in total. The topological polar surface area (TPSA) is 84.9 Å². The molecule has 1 amide bonds. The monoisotopic (exact) mass is 245 g/mol.